The van der Waals surface area contributed by atoms with Crippen LogP contribution < -0.4 is 10.6 Å². The first kappa shape index (κ1) is 22.3. The van der Waals surface area contributed by atoms with Gasteiger partial charge in [0.15, 0.2) is 6.61 Å². The first-order chi connectivity index (χ1) is 14.5. The molecule has 1 aliphatic rings. The minimum Gasteiger partial charge on any atom is -0.452 e. The number of nitrogens with zero attached hydrogens (tertiary/aromatic N) is 1. The first-order valence-corrected chi connectivity index (χ1v) is 11.8. The quantitative estimate of drug-likeness (QED) is 0.491. The molecule has 1 saturated carbocycles. The van der Waals surface area contributed by atoms with Crippen molar-refractivity contribution in [2.45, 2.75) is 55.7 Å². The molecule has 30 heavy (non-hydrogen) atoms. The van der Waals surface area contributed by atoms with Crippen LogP contribution in [-0.4, -0.2) is 35.5 Å². The molecule has 0 aliphatic heterocycles. The van der Waals surface area contributed by atoms with Crippen LogP contribution in [0.5, 0.6) is 0 Å². The van der Waals surface area contributed by atoms with Gasteiger partial charge in [-0.1, -0.05) is 31.4 Å². The Kier molecular flexibility index (Phi) is 8.27. The highest BCUT2D eigenvalue weighted by atomic mass is 32.2. The fourth-order valence-electron chi connectivity index (χ4n) is 3.23. The minimum atomic E-state index is -0.653. The number of nitrogens with one attached hydrogen (secondary N) is 2. The van der Waals surface area contributed by atoms with E-state index in [0.29, 0.717) is 11.3 Å². The maximum absolute atomic E-state index is 12.5. The fraction of sp³-hybridized carbons (Fsp3) is 0.429. The van der Waals surface area contributed by atoms with E-state index in [1.807, 2.05) is 24.4 Å². The smallest absolute Gasteiger partial charge is 0.339 e. The van der Waals surface area contributed by atoms with Crippen molar-refractivity contribution in [1.82, 2.24) is 15.6 Å². The number of hydrogen-bond acceptors (Lipinski definition) is 7. The van der Waals surface area contributed by atoms with Gasteiger partial charge in [-0.3, -0.25) is 10.1 Å². The second-order valence-electron chi connectivity index (χ2n) is 7.08. The Balaban J connectivity index is 1.47. The summed E-state index contributed by atoms with van der Waals surface area (Å²) in [6, 6.07) is 6.62. The lowest BCUT2D eigenvalue weighted by Crippen LogP contribution is -2.46. The number of rotatable bonds is 7. The molecule has 0 spiro atoms. The van der Waals surface area contributed by atoms with E-state index in [0.717, 1.165) is 41.3 Å². The Bertz CT molecular complexity index is 894. The number of carbonyl (C=O) groups excluding carboxylic acids is 3. The van der Waals surface area contributed by atoms with Gasteiger partial charge in [0.2, 0.25) is 0 Å². The third kappa shape index (κ3) is 6.84. The lowest BCUT2D eigenvalue weighted by molar-refractivity contribution is -0.123. The van der Waals surface area contributed by atoms with Crippen LogP contribution in [0, 0.1) is 6.92 Å². The Morgan fingerprint density at radius 1 is 1.20 bits per heavy atom. The number of aryl methyl sites for hydroxylation is 1. The monoisotopic (exact) mass is 447 g/mol. The van der Waals surface area contributed by atoms with E-state index >= 15 is 0 Å². The normalized spacial score (nSPS) is 14.2. The van der Waals surface area contributed by atoms with Crippen molar-refractivity contribution < 1.29 is 19.1 Å². The van der Waals surface area contributed by atoms with Gasteiger partial charge in [0.1, 0.15) is 0 Å². The third-order valence-corrected chi connectivity index (χ3v) is 6.61. The Labute approximate surface area is 184 Å². The van der Waals surface area contributed by atoms with Crippen molar-refractivity contribution in [3.8, 4) is 0 Å². The SMILES string of the molecule is Cc1nc(CSc2ccccc2C(=O)OCC(=O)NC(=O)NC2CCCCC2)cs1. The van der Waals surface area contributed by atoms with E-state index < -0.39 is 24.5 Å². The van der Waals surface area contributed by atoms with Gasteiger partial charge in [-0.15, -0.1) is 23.1 Å². The molecule has 1 heterocycles. The maximum Gasteiger partial charge on any atom is 0.339 e. The predicted octanol–water partition coefficient (Wildman–Crippen LogP) is 4.06. The van der Waals surface area contributed by atoms with Crippen molar-refractivity contribution in [3.05, 3.63) is 45.9 Å². The van der Waals surface area contributed by atoms with E-state index in [-0.39, 0.29) is 6.04 Å². The summed E-state index contributed by atoms with van der Waals surface area (Å²) in [5.41, 5.74) is 1.34. The summed E-state index contributed by atoms with van der Waals surface area (Å²) in [5.74, 6) is -0.619. The van der Waals surface area contributed by atoms with Crippen molar-refractivity contribution in [1.29, 1.82) is 0 Å². The molecular weight excluding hydrogens is 422 g/mol. The number of aromatic nitrogens is 1. The molecule has 2 aromatic rings. The Hall–Kier alpha value is -2.39. The molecule has 160 valence electrons. The van der Waals surface area contributed by atoms with Crippen molar-refractivity contribution >= 4 is 41.0 Å². The number of urea groups is 1. The van der Waals surface area contributed by atoms with Crippen LogP contribution in [0.2, 0.25) is 0 Å². The lowest BCUT2D eigenvalue weighted by atomic mass is 9.96. The first-order valence-electron chi connectivity index (χ1n) is 9.91. The third-order valence-electron chi connectivity index (χ3n) is 4.68. The summed E-state index contributed by atoms with van der Waals surface area (Å²) in [6.45, 7) is 1.44. The lowest BCUT2D eigenvalue weighted by Gasteiger charge is -2.22. The molecule has 7 nitrogen and oxygen atoms in total. The summed E-state index contributed by atoms with van der Waals surface area (Å²) in [7, 11) is 0. The zero-order valence-corrected chi connectivity index (χ0v) is 18.4. The molecule has 0 atom stereocenters. The number of esters is 1. The summed E-state index contributed by atoms with van der Waals surface area (Å²) in [4.78, 5) is 41.5. The molecule has 0 radical (unpaired) electrons. The fourth-order valence-corrected chi connectivity index (χ4v) is 4.88. The molecular formula is C21H25N3O4S2. The van der Waals surface area contributed by atoms with Gasteiger partial charge in [-0.05, 0) is 31.9 Å². The van der Waals surface area contributed by atoms with Gasteiger partial charge < -0.3 is 10.1 Å². The number of benzene rings is 1. The summed E-state index contributed by atoms with van der Waals surface area (Å²) in [6.07, 6.45) is 5.18. The largest absolute Gasteiger partial charge is 0.452 e. The highest BCUT2D eigenvalue weighted by Crippen LogP contribution is 2.27. The zero-order valence-electron chi connectivity index (χ0n) is 16.8. The van der Waals surface area contributed by atoms with Crippen molar-refractivity contribution in [2.75, 3.05) is 6.61 Å². The maximum atomic E-state index is 12.5. The van der Waals surface area contributed by atoms with Gasteiger partial charge in [0.05, 0.1) is 16.3 Å². The number of hydrogen-bond donors (Lipinski definition) is 2. The Morgan fingerprint density at radius 3 is 2.70 bits per heavy atom. The molecule has 1 aliphatic carbocycles. The van der Waals surface area contributed by atoms with Crippen LogP contribution in [0.4, 0.5) is 4.79 Å². The number of thiazole rings is 1. The number of ether oxygens (including phenoxy) is 1. The molecule has 1 fully saturated rings. The average molecular weight is 448 g/mol. The Morgan fingerprint density at radius 2 is 1.97 bits per heavy atom. The molecule has 1 aromatic carbocycles. The van der Waals surface area contributed by atoms with Crippen LogP contribution in [-0.2, 0) is 15.3 Å². The standard InChI is InChI=1S/C21H25N3O4S2/c1-14-22-16(12-29-14)13-30-18-10-6-5-9-17(18)20(26)28-11-19(25)24-21(27)23-15-7-3-2-4-8-15/h5-6,9-10,12,15H,2-4,7-8,11,13H2,1H3,(H2,23,24,25,27). The van der Waals surface area contributed by atoms with E-state index in [4.69, 9.17) is 4.74 Å². The van der Waals surface area contributed by atoms with Gasteiger partial charge in [-0.2, -0.15) is 0 Å². The minimum absolute atomic E-state index is 0.0968. The molecule has 0 unspecified atom stereocenters. The summed E-state index contributed by atoms with van der Waals surface area (Å²) < 4.78 is 5.12. The molecule has 9 heteroatoms. The van der Waals surface area contributed by atoms with E-state index in [9.17, 15) is 14.4 Å². The van der Waals surface area contributed by atoms with Crippen LogP contribution in [0.3, 0.4) is 0 Å². The zero-order chi connectivity index (χ0) is 21.3. The van der Waals surface area contributed by atoms with Gasteiger partial charge >= 0.3 is 12.0 Å². The molecule has 0 bridgehead atoms. The van der Waals surface area contributed by atoms with Crippen molar-refractivity contribution in [3.63, 3.8) is 0 Å². The molecule has 3 amide bonds. The second-order valence-corrected chi connectivity index (χ2v) is 9.15. The van der Waals surface area contributed by atoms with Crippen molar-refractivity contribution in [2.24, 2.45) is 0 Å². The van der Waals surface area contributed by atoms with Gasteiger partial charge in [-0.25, -0.2) is 14.6 Å². The molecule has 0 saturated heterocycles. The van der Waals surface area contributed by atoms with E-state index in [2.05, 4.69) is 15.6 Å². The molecule has 2 N–H and O–H groups in total. The topological polar surface area (TPSA) is 97.4 Å². The van der Waals surface area contributed by atoms with Gasteiger partial charge in [0.25, 0.3) is 5.91 Å². The number of carbonyl (C=O) groups is 3. The van der Waals surface area contributed by atoms with Gasteiger partial charge in [0, 0.05) is 22.1 Å². The van der Waals surface area contributed by atoms with Crippen LogP contribution in [0.15, 0.2) is 34.5 Å². The number of imide groups is 1. The molecule has 3 rings (SSSR count). The second kappa shape index (κ2) is 11.1. The number of amides is 3. The highest BCUT2D eigenvalue weighted by Gasteiger charge is 2.19. The molecule has 1 aromatic heterocycles. The van der Waals surface area contributed by atoms with Crippen LogP contribution >= 0.6 is 23.1 Å². The van der Waals surface area contributed by atoms with Crippen LogP contribution in [0.1, 0.15) is 53.2 Å². The number of thioether (sulfide) groups is 1. The summed E-state index contributed by atoms with van der Waals surface area (Å²) in [5, 5.41) is 8.00. The average Bonchev–Trinajstić information content (AvgIpc) is 3.16. The van der Waals surface area contributed by atoms with E-state index in [1.165, 1.54) is 18.2 Å². The van der Waals surface area contributed by atoms with E-state index in [1.54, 1.807) is 23.5 Å². The highest BCUT2D eigenvalue weighted by molar-refractivity contribution is 7.98. The summed E-state index contributed by atoms with van der Waals surface area (Å²) >= 11 is 3.07. The van der Waals surface area contributed by atoms with Crippen LogP contribution in [0.25, 0.3) is 0 Å². The predicted molar refractivity (Wildman–Crippen MR) is 117 cm³/mol.